The molecule has 0 bridgehead atoms. The minimum absolute atomic E-state index is 0.0306. The van der Waals surface area contributed by atoms with Crippen LogP contribution in [0.25, 0.3) is 0 Å². The number of carbonyl (C=O) groups excluding carboxylic acids is 3. The maximum Gasteiger partial charge on any atom is 0.322 e. The van der Waals surface area contributed by atoms with Gasteiger partial charge in [0, 0.05) is 30.9 Å². The number of nitrogens with zero attached hydrogens (tertiary/aromatic N) is 2. The highest BCUT2D eigenvalue weighted by Gasteiger charge is 2.39. The average molecular weight is 404 g/mol. The number of rotatable bonds is 3. The van der Waals surface area contributed by atoms with Crippen LogP contribution >= 0.6 is 0 Å². The molecule has 2 aromatic carbocycles. The third-order valence-corrected chi connectivity index (χ3v) is 5.69. The fourth-order valence-electron chi connectivity index (χ4n) is 3.97. The molecule has 0 radical (unpaired) electrons. The number of likely N-dealkylation sites (N-methyl/N-ethyl adjacent to an activating group) is 1. The highest BCUT2D eigenvalue weighted by Crippen LogP contribution is 2.23. The summed E-state index contributed by atoms with van der Waals surface area (Å²) in [5.41, 5.74) is 4.89. The van der Waals surface area contributed by atoms with Gasteiger partial charge in [-0.3, -0.25) is 9.59 Å². The van der Waals surface area contributed by atoms with Crippen LogP contribution in [0.4, 0.5) is 16.2 Å². The van der Waals surface area contributed by atoms with Crippen molar-refractivity contribution in [2.45, 2.75) is 25.4 Å². The molecule has 0 saturated carbocycles. The van der Waals surface area contributed by atoms with Gasteiger partial charge in [0.2, 0.25) is 5.91 Å². The van der Waals surface area contributed by atoms with Gasteiger partial charge in [-0.25, -0.2) is 4.79 Å². The zero-order chi connectivity index (χ0) is 21.3. The second-order valence-corrected chi connectivity index (χ2v) is 8.14. The summed E-state index contributed by atoms with van der Waals surface area (Å²) in [7, 11) is 4.05. The number of nitrogens with one attached hydrogen (secondary N) is 2. The van der Waals surface area contributed by atoms with E-state index in [1.807, 2.05) is 38.2 Å². The number of amides is 3. The minimum Gasteiger partial charge on any atom is -0.324 e. The van der Waals surface area contributed by atoms with Crippen LogP contribution in [-0.4, -0.2) is 61.5 Å². The molecule has 4 rings (SSSR count). The first-order valence-corrected chi connectivity index (χ1v) is 10.2. The first-order chi connectivity index (χ1) is 14.4. The van der Waals surface area contributed by atoms with Crippen LogP contribution in [0, 0.1) is 0 Å². The molecule has 8 heteroatoms. The van der Waals surface area contributed by atoms with Gasteiger partial charge in [-0.05, 0) is 48.9 Å². The summed E-state index contributed by atoms with van der Waals surface area (Å²) >= 11 is 0. The number of urea groups is 1. The van der Waals surface area contributed by atoms with Crippen molar-refractivity contribution in [2.24, 2.45) is 0 Å². The van der Waals surface area contributed by atoms with Gasteiger partial charge in [-0.2, -0.15) is 0 Å². The summed E-state index contributed by atoms with van der Waals surface area (Å²) < 4.78 is 0. The van der Waals surface area contributed by atoms with Crippen LogP contribution in [0.5, 0.6) is 0 Å². The van der Waals surface area contributed by atoms with E-state index in [1.165, 1.54) is 16.0 Å². The van der Waals surface area contributed by atoms with E-state index in [9.17, 15) is 14.4 Å². The number of carbonyl (C=O) groups is 3. The molecule has 0 unspecified atom stereocenters. The lowest BCUT2D eigenvalue weighted by molar-refractivity contribution is -0.121. The number of Topliss-reactive ketones (excluding diaryl/α,β-unsaturated/α-hetero) is 1. The highest BCUT2D eigenvalue weighted by atomic mass is 16.2. The molecule has 1 atom stereocenters. The van der Waals surface area contributed by atoms with Crippen molar-refractivity contribution in [2.75, 3.05) is 30.8 Å². The van der Waals surface area contributed by atoms with E-state index >= 15 is 0 Å². The quantitative estimate of drug-likeness (QED) is 0.740. The molecule has 0 spiro atoms. The third-order valence-electron chi connectivity index (χ3n) is 5.69. The minimum atomic E-state index is -0.815. The lowest BCUT2D eigenvalue weighted by atomic mass is 9.96. The number of hydrogen-bond donors (Lipinski definition) is 2. The van der Waals surface area contributed by atoms with E-state index in [-0.39, 0.29) is 24.7 Å². The van der Waals surface area contributed by atoms with Crippen LogP contribution < -0.4 is 16.1 Å². The molecule has 0 aliphatic carbocycles. The molecule has 3 amide bonds. The molecular weight excluding hydrogens is 379 g/mol. The van der Waals surface area contributed by atoms with E-state index in [2.05, 4.69) is 22.6 Å². The molecule has 2 aliphatic rings. The Morgan fingerprint density at radius 2 is 1.73 bits per heavy atom. The molecule has 2 N–H and O–H groups in total. The number of hydrogen-bond acceptors (Lipinski definition) is 4. The normalized spacial score (nSPS) is 18.8. The van der Waals surface area contributed by atoms with E-state index in [0.717, 1.165) is 25.0 Å². The predicted octanol–water partition coefficient (Wildman–Crippen LogP) is 0.747. The number of likely N-dealkylation sites (tertiary alicyclic amines) is 1. The SMILES string of the molecule is Bc1ccc(NC(=O)N2CC(=O)C[C@@H]2C(=O)Nc2ccc3c(c2)CCN(C)C3)cc1. The van der Waals surface area contributed by atoms with Crippen molar-refractivity contribution in [1.82, 2.24) is 9.80 Å². The van der Waals surface area contributed by atoms with E-state index in [1.54, 1.807) is 12.1 Å². The van der Waals surface area contributed by atoms with Crippen LogP contribution in [0.15, 0.2) is 42.5 Å². The van der Waals surface area contributed by atoms with Crippen LogP contribution in [0.3, 0.4) is 0 Å². The van der Waals surface area contributed by atoms with Gasteiger partial charge < -0.3 is 20.4 Å². The summed E-state index contributed by atoms with van der Waals surface area (Å²) in [4.78, 5) is 41.2. The monoisotopic (exact) mass is 404 g/mol. The van der Waals surface area contributed by atoms with Crippen LogP contribution in [0.1, 0.15) is 17.5 Å². The van der Waals surface area contributed by atoms with Gasteiger partial charge in [0.05, 0.1) is 6.54 Å². The van der Waals surface area contributed by atoms with Gasteiger partial charge in [0.25, 0.3) is 0 Å². The maximum absolute atomic E-state index is 12.9. The van der Waals surface area contributed by atoms with E-state index < -0.39 is 12.1 Å². The predicted molar refractivity (Wildman–Crippen MR) is 119 cm³/mol. The number of fused-ring (bicyclic) bond motifs is 1. The zero-order valence-corrected chi connectivity index (χ0v) is 17.3. The van der Waals surface area contributed by atoms with E-state index in [0.29, 0.717) is 11.4 Å². The summed E-state index contributed by atoms with van der Waals surface area (Å²) in [6.45, 7) is 1.81. The van der Waals surface area contributed by atoms with Gasteiger partial charge in [0.15, 0.2) is 5.78 Å². The molecular formula is C22H25BN4O3. The fourth-order valence-corrected chi connectivity index (χ4v) is 3.97. The fraction of sp³-hybridized carbons (Fsp3) is 0.318. The molecule has 1 fully saturated rings. The second-order valence-electron chi connectivity index (χ2n) is 8.14. The number of ketones is 1. The number of benzene rings is 2. The topological polar surface area (TPSA) is 81.8 Å². The van der Waals surface area contributed by atoms with Crippen molar-refractivity contribution in [1.29, 1.82) is 0 Å². The zero-order valence-electron chi connectivity index (χ0n) is 17.3. The smallest absolute Gasteiger partial charge is 0.322 e. The molecule has 2 aliphatic heterocycles. The Bertz CT molecular complexity index is 992. The summed E-state index contributed by atoms with van der Waals surface area (Å²) in [6, 6.07) is 12.0. The van der Waals surface area contributed by atoms with Gasteiger partial charge in [-0.1, -0.05) is 23.7 Å². The van der Waals surface area contributed by atoms with Crippen molar-refractivity contribution in [3.8, 4) is 0 Å². The standard InChI is InChI=1S/C22H25BN4O3/c1-26-9-8-14-10-18(5-2-15(14)12-26)24-21(29)20-11-19(28)13-27(20)22(30)25-17-6-3-16(23)4-7-17/h2-7,10,20H,8-9,11-13,23H2,1H3,(H,24,29)(H,25,30)/t20-/m1/s1. The Morgan fingerprint density at radius 3 is 2.50 bits per heavy atom. The molecule has 2 heterocycles. The molecule has 1 saturated heterocycles. The largest absolute Gasteiger partial charge is 0.324 e. The van der Waals surface area contributed by atoms with Crippen molar-refractivity contribution in [3.05, 3.63) is 53.6 Å². The molecule has 2 aromatic rings. The van der Waals surface area contributed by atoms with Crippen LogP contribution in [-0.2, 0) is 22.6 Å². The van der Waals surface area contributed by atoms with Gasteiger partial charge in [-0.15, -0.1) is 0 Å². The van der Waals surface area contributed by atoms with Crippen molar-refractivity contribution in [3.63, 3.8) is 0 Å². The first kappa shape index (κ1) is 20.2. The van der Waals surface area contributed by atoms with Gasteiger partial charge in [0.1, 0.15) is 13.9 Å². The Balaban J connectivity index is 1.45. The lowest BCUT2D eigenvalue weighted by Gasteiger charge is -2.26. The Labute approximate surface area is 176 Å². The highest BCUT2D eigenvalue weighted by molar-refractivity contribution is 6.32. The average Bonchev–Trinajstić information content (AvgIpc) is 3.12. The van der Waals surface area contributed by atoms with Crippen molar-refractivity contribution < 1.29 is 14.4 Å². The van der Waals surface area contributed by atoms with E-state index in [4.69, 9.17) is 0 Å². The maximum atomic E-state index is 12.9. The Hall–Kier alpha value is -3.13. The summed E-state index contributed by atoms with van der Waals surface area (Å²) in [5, 5.41) is 5.67. The second kappa shape index (κ2) is 8.32. The number of anilines is 2. The third kappa shape index (κ3) is 4.38. The Morgan fingerprint density at radius 1 is 1.00 bits per heavy atom. The first-order valence-electron chi connectivity index (χ1n) is 10.2. The molecule has 7 nitrogen and oxygen atoms in total. The van der Waals surface area contributed by atoms with Gasteiger partial charge >= 0.3 is 6.03 Å². The lowest BCUT2D eigenvalue weighted by Crippen LogP contribution is -2.45. The molecule has 154 valence electrons. The van der Waals surface area contributed by atoms with Crippen molar-refractivity contribution >= 4 is 42.4 Å². The Kier molecular flexibility index (Phi) is 5.59. The summed E-state index contributed by atoms with van der Waals surface area (Å²) in [5.74, 6) is -0.463. The molecule has 30 heavy (non-hydrogen) atoms. The summed E-state index contributed by atoms with van der Waals surface area (Å²) in [6.07, 6.45) is 0.964. The van der Waals surface area contributed by atoms with Crippen LogP contribution in [0.2, 0.25) is 0 Å². The molecule has 0 aromatic heterocycles.